The van der Waals surface area contributed by atoms with Gasteiger partial charge in [0.1, 0.15) is 12.1 Å². The molecule has 132 valence electrons. The van der Waals surface area contributed by atoms with E-state index in [0.29, 0.717) is 19.5 Å². The number of likely N-dealkylation sites (tertiary alicyclic amines) is 2. The molecule has 1 spiro atoms. The zero-order valence-electron chi connectivity index (χ0n) is 14.4. The fourth-order valence-corrected chi connectivity index (χ4v) is 3.93. The molecule has 3 saturated heterocycles. The van der Waals surface area contributed by atoms with Gasteiger partial charge in [0.15, 0.2) is 0 Å². The highest BCUT2D eigenvalue weighted by Crippen LogP contribution is 2.39. The summed E-state index contributed by atoms with van der Waals surface area (Å²) in [6.07, 6.45) is 2.41. The van der Waals surface area contributed by atoms with Gasteiger partial charge in [0.25, 0.3) is 5.91 Å². The van der Waals surface area contributed by atoms with Crippen molar-refractivity contribution in [3.8, 4) is 0 Å². The van der Waals surface area contributed by atoms with E-state index in [-0.39, 0.29) is 18.4 Å². The molecule has 0 saturated carbocycles. The van der Waals surface area contributed by atoms with Gasteiger partial charge < -0.3 is 14.7 Å². The molecule has 0 bridgehead atoms. The van der Waals surface area contributed by atoms with E-state index in [1.165, 1.54) is 4.90 Å². The van der Waals surface area contributed by atoms with Crippen molar-refractivity contribution in [2.24, 2.45) is 5.41 Å². The Hall–Kier alpha value is -2.12. The number of piperidine rings is 1. The standard InChI is InChI=1S/C16H24N4O4/c1-15(2)12(22)17-14(24)20(15)9-11(21)19-8-6-16(10-19)5-4-7-18(3)13(16)23/h4-10H2,1-3H3,(H,17,22,24)/t16-/m0/s1. The lowest BCUT2D eigenvalue weighted by Gasteiger charge is -2.37. The molecule has 5 amide bonds. The van der Waals surface area contributed by atoms with Gasteiger partial charge in [-0.1, -0.05) is 0 Å². The highest BCUT2D eigenvalue weighted by Gasteiger charge is 2.50. The average molecular weight is 336 g/mol. The van der Waals surface area contributed by atoms with Gasteiger partial charge in [-0.15, -0.1) is 0 Å². The van der Waals surface area contributed by atoms with E-state index >= 15 is 0 Å². The highest BCUT2D eigenvalue weighted by atomic mass is 16.2. The summed E-state index contributed by atoms with van der Waals surface area (Å²) in [6, 6.07) is -0.541. The topological polar surface area (TPSA) is 90.0 Å². The van der Waals surface area contributed by atoms with Crippen molar-refractivity contribution in [3.63, 3.8) is 0 Å². The van der Waals surface area contributed by atoms with Crippen LogP contribution in [0, 0.1) is 5.41 Å². The maximum absolute atomic E-state index is 12.6. The van der Waals surface area contributed by atoms with Crippen molar-refractivity contribution in [2.45, 2.75) is 38.6 Å². The number of carbonyl (C=O) groups is 4. The van der Waals surface area contributed by atoms with E-state index in [4.69, 9.17) is 0 Å². The Balaban J connectivity index is 1.68. The summed E-state index contributed by atoms with van der Waals surface area (Å²) in [5.41, 5.74) is -1.51. The van der Waals surface area contributed by atoms with Crippen LogP contribution in [-0.2, 0) is 14.4 Å². The van der Waals surface area contributed by atoms with Crippen LogP contribution in [0.15, 0.2) is 0 Å². The molecule has 0 radical (unpaired) electrons. The molecule has 0 aromatic heterocycles. The first-order valence-corrected chi connectivity index (χ1v) is 8.34. The Morgan fingerprint density at radius 2 is 1.88 bits per heavy atom. The Kier molecular flexibility index (Phi) is 3.80. The molecular formula is C16H24N4O4. The SMILES string of the molecule is CN1CCC[C@@]2(CCN(C(=O)CN3C(=O)NC(=O)C3(C)C)C2)C1=O. The number of carbonyl (C=O) groups excluding carboxylic acids is 4. The molecule has 1 N–H and O–H groups in total. The smallest absolute Gasteiger partial charge is 0.325 e. The molecule has 0 aliphatic carbocycles. The zero-order chi connectivity index (χ0) is 17.7. The lowest BCUT2D eigenvalue weighted by atomic mass is 9.78. The summed E-state index contributed by atoms with van der Waals surface area (Å²) in [5.74, 6) is -0.508. The molecule has 24 heavy (non-hydrogen) atoms. The van der Waals surface area contributed by atoms with Crippen LogP contribution in [0.1, 0.15) is 33.1 Å². The molecule has 1 atom stereocenters. The van der Waals surface area contributed by atoms with E-state index in [1.807, 2.05) is 0 Å². The quantitative estimate of drug-likeness (QED) is 0.707. The minimum absolute atomic E-state index is 0.110. The molecule has 8 nitrogen and oxygen atoms in total. The fourth-order valence-electron chi connectivity index (χ4n) is 3.93. The molecule has 0 unspecified atom stereocenters. The zero-order valence-corrected chi connectivity index (χ0v) is 14.4. The maximum Gasteiger partial charge on any atom is 0.325 e. The largest absolute Gasteiger partial charge is 0.345 e. The third-order valence-corrected chi connectivity index (χ3v) is 5.65. The van der Waals surface area contributed by atoms with Crippen LogP contribution in [0.25, 0.3) is 0 Å². The van der Waals surface area contributed by atoms with Crippen LogP contribution in [0.3, 0.4) is 0 Å². The van der Waals surface area contributed by atoms with Gasteiger partial charge in [-0.2, -0.15) is 0 Å². The van der Waals surface area contributed by atoms with Gasteiger partial charge in [0.2, 0.25) is 11.8 Å². The number of imide groups is 1. The number of nitrogens with one attached hydrogen (secondary N) is 1. The van der Waals surface area contributed by atoms with Crippen LogP contribution < -0.4 is 5.32 Å². The number of urea groups is 1. The summed E-state index contributed by atoms with van der Waals surface area (Å²) >= 11 is 0. The number of rotatable bonds is 2. The van der Waals surface area contributed by atoms with Gasteiger partial charge in [-0.05, 0) is 33.1 Å². The summed E-state index contributed by atoms with van der Waals surface area (Å²) in [6.45, 7) is 4.77. The van der Waals surface area contributed by atoms with Crippen molar-refractivity contribution in [1.29, 1.82) is 0 Å². The highest BCUT2D eigenvalue weighted by molar-refractivity contribution is 6.07. The van der Waals surface area contributed by atoms with Crippen LogP contribution >= 0.6 is 0 Å². The third kappa shape index (κ3) is 2.44. The van der Waals surface area contributed by atoms with E-state index in [2.05, 4.69) is 5.32 Å². The first-order valence-electron chi connectivity index (χ1n) is 8.34. The van der Waals surface area contributed by atoms with Crippen molar-refractivity contribution < 1.29 is 19.2 Å². The van der Waals surface area contributed by atoms with Crippen LogP contribution in [0.5, 0.6) is 0 Å². The molecule has 3 heterocycles. The second-order valence-corrected chi connectivity index (χ2v) is 7.58. The molecule has 8 heteroatoms. The normalized spacial score (nSPS) is 29.6. The summed E-state index contributed by atoms with van der Waals surface area (Å²) < 4.78 is 0. The predicted octanol–water partition coefficient (Wildman–Crippen LogP) is -0.212. The third-order valence-electron chi connectivity index (χ3n) is 5.65. The Morgan fingerprint density at radius 1 is 1.17 bits per heavy atom. The van der Waals surface area contributed by atoms with Gasteiger partial charge in [-0.25, -0.2) is 4.79 Å². The minimum atomic E-state index is -1.04. The van der Waals surface area contributed by atoms with Crippen molar-refractivity contribution in [1.82, 2.24) is 20.0 Å². The molecular weight excluding hydrogens is 312 g/mol. The van der Waals surface area contributed by atoms with Crippen molar-refractivity contribution in [2.75, 3.05) is 33.2 Å². The first-order chi connectivity index (χ1) is 11.2. The lowest BCUT2D eigenvalue weighted by molar-refractivity contribution is -0.144. The lowest BCUT2D eigenvalue weighted by Crippen LogP contribution is -2.51. The van der Waals surface area contributed by atoms with E-state index in [1.54, 1.807) is 30.7 Å². The van der Waals surface area contributed by atoms with Gasteiger partial charge in [-0.3, -0.25) is 19.7 Å². The van der Waals surface area contributed by atoms with Gasteiger partial charge in [0.05, 0.1) is 5.41 Å². The van der Waals surface area contributed by atoms with E-state index < -0.39 is 22.9 Å². The first kappa shape index (κ1) is 16.7. The minimum Gasteiger partial charge on any atom is -0.345 e. The number of amides is 5. The Bertz CT molecular complexity index is 617. The van der Waals surface area contributed by atoms with Crippen molar-refractivity contribution in [3.05, 3.63) is 0 Å². The van der Waals surface area contributed by atoms with Crippen LogP contribution in [0.2, 0.25) is 0 Å². The molecule has 3 fully saturated rings. The molecule has 3 rings (SSSR count). The number of hydrogen-bond donors (Lipinski definition) is 1. The number of hydrogen-bond acceptors (Lipinski definition) is 4. The average Bonchev–Trinajstić information content (AvgIpc) is 3.01. The van der Waals surface area contributed by atoms with Gasteiger partial charge >= 0.3 is 6.03 Å². The van der Waals surface area contributed by atoms with Gasteiger partial charge in [0, 0.05) is 26.7 Å². The molecule has 3 aliphatic heterocycles. The molecule has 3 aliphatic rings. The van der Waals surface area contributed by atoms with Crippen LogP contribution in [-0.4, -0.2) is 77.2 Å². The number of nitrogens with zero attached hydrogens (tertiary/aromatic N) is 3. The summed E-state index contributed by atoms with van der Waals surface area (Å²) in [5, 5.41) is 2.24. The van der Waals surface area contributed by atoms with E-state index in [0.717, 1.165) is 19.4 Å². The second kappa shape index (κ2) is 5.46. The summed E-state index contributed by atoms with van der Waals surface area (Å²) in [4.78, 5) is 53.5. The maximum atomic E-state index is 12.6. The van der Waals surface area contributed by atoms with Crippen LogP contribution in [0.4, 0.5) is 4.79 Å². The molecule has 0 aromatic rings. The van der Waals surface area contributed by atoms with E-state index in [9.17, 15) is 19.2 Å². The second-order valence-electron chi connectivity index (χ2n) is 7.58. The predicted molar refractivity (Wildman–Crippen MR) is 84.8 cm³/mol. The Labute approximate surface area is 141 Å². The fraction of sp³-hybridized carbons (Fsp3) is 0.750. The monoisotopic (exact) mass is 336 g/mol. The molecule has 0 aromatic carbocycles. The Morgan fingerprint density at radius 3 is 2.50 bits per heavy atom. The summed E-state index contributed by atoms with van der Waals surface area (Å²) in [7, 11) is 1.80. The van der Waals surface area contributed by atoms with Crippen molar-refractivity contribution >= 4 is 23.8 Å².